The third kappa shape index (κ3) is 4.25. The van der Waals surface area contributed by atoms with Crippen LogP contribution in [0.25, 0.3) is 22.5 Å². The highest BCUT2D eigenvalue weighted by molar-refractivity contribution is 6.05. The van der Waals surface area contributed by atoms with Crippen LogP contribution in [0.15, 0.2) is 59.3 Å². The Bertz CT molecular complexity index is 1240. The molecule has 0 atom stereocenters. The molecule has 8 heteroatoms. The lowest BCUT2D eigenvalue weighted by Gasteiger charge is -2.10. The predicted octanol–water partition coefficient (Wildman–Crippen LogP) is 4.71. The van der Waals surface area contributed by atoms with Gasteiger partial charge in [0.2, 0.25) is 0 Å². The number of fused-ring (bicyclic) bond motifs is 1. The lowest BCUT2D eigenvalue weighted by atomic mass is 10.1. The average Bonchev–Trinajstić information content (AvgIpc) is 3.47. The summed E-state index contributed by atoms with van der Waals surface area (Å²) in [4.78, 5) is 30.1. The zero-order valence-corrected chi connectivity index (χ0v) is 18.1. The molecular weight excluding hydrogens is 410 g/mol. The molecule has 3 aromatic heterocycles. The fourth-order valence-electron chi connectivity index (χ4n) is 3.31. The van der Waals surface area contributed by atoms with E-state index in [1.807, 2.05) is 20.8 Å². The third-order valence-electron chi connectivity index (χ3n) is 4.87. The van der Waals surface area contributed by atoms with Gasteiger partial charge in [-0.15, -0.1) is 0 Å². The Morgan fingerprint density at radius 1 is 1.16 bits per heavy atom. The van der Waals surface area contributed by atoms with Gasteiger partial charge in [-0.05, 0) is 63.2 Å². The summed E-state index contributed by atoms with van der Waals surface area (Å²) < 4.78 is 17.9. The summed E-state index contributed by atoms with van der Waals surface area (Å²) >= 11 is 0. The van der Waals surface area contributed by atoms with Crippen molar-refractivity contribution in [2.24, 2.45) is 0 Å². The van der Waals surface area contributed by atoms with Crippen molar-refractivity contribution in [3.63, 3.8) is 0 Å². The van der Waals surface area contributed by atoms with Crippen molar-refractivity contribution in [1.29, 1.82) is 0 Å². The Balaban J connectivity index is 1.59. The highest BCUT2D eigenvalue weighted by Crippen LogP contribution is 2.27. The van der Waals surface area contributed by atoms with Crippen LogP contribution in [0.5, 0.6) is 5.75 Å². The normalized spacial score (nSPS) is 11.1. The summed E-state index contributed by atoms with van der Waals surface area (Å²) in [5, 5.41) is 4.91. The van der Waals surface area contributed by atoms with E-state index in [1.165, 1.54) is 6.26 Å². The van der Waals surface area contributed by atoms with Gasteiger partial charge >= 0.3 is 5.97 Å². The van der Waals surface area contributed by atoms with Gasteiger partial charge in [-0.1, -0.05) is 0 Å². The summed E-state index contributed by atoms with van der Waals surface area (Å²) in [6.45, 7) is 5.99. The van der Waals surface area contributed by atoms with E-state index >= 15 is 0 Å². The molecule has 4 aromatic rings. The maximum absolute atomic E-state index is 12.9. The lowest BCUT2D eigenvalue weighted by molar-refractivity contribution is 0.0476. The van der Waals surface area contributed by atoms with Crippen molar-refractivity contribution in [3.05, 3.63) is 66.1 Å². The Kier molecular flexibility index (Phi) is 6.02. The van der Waals surface area contributed by atoms with Crippen LogP contribution in [0.3, 0.4) is 0 Å². The number of nitrogens with zero attached hydrogens (tertiary/aromatic N) is 3. The summed E-state index contributed by atoms with van der Waals surface area (Å²) in [5.41, 5.74) is 1.73. The quantitative estimate of drug-likeness (QED) is 0.293. The number of Topliss-reactive ketones (excluding diaryl/α,β-unsaturated/α-hetero) is 1. The topological polar surface area (TPSA) is 96.5 Å². The van der Waals surface area contributed by atoms with Gasteiger partial charge in [-0.3, -0.25) is 4.79 Å². The summed E-state index contributed by atoms with van der Waals surface area (Å²) in [7, 11) is 0. The molecule has 0 spiro atoms. The molecule has 0 aliphatic heterocycles. The van der Waals surface area contributed by atoms with Crippen molar-refractivity contribution in [2.45, 2.75) is 26.8 Å². The smallest absolute Gasteiger partial charge is 0.339 e. The van der Waals surface area contributed by atoms with Crippen molar-refractivity contribution < 1.29 is 23.5 Å². The van der Waals surface area contributed by atoms with Crippen LogP contribution in [-0.4, -0.2) is 39.7 Å². The van der Waals surface area contributed by atoms with Gasteiger partial charge in [-0.25, -0.2) is 14.5 Å². The van der Waals surface area contributed by atoms with Gasteiger partial charge < -0.3 is 13.9 Å². The molecule has 0 aliphatic carbocycles. The van der Waals surface area contributed by atoms with Crippen LogP contribution in [0.4, 0.5) is 0 Å². The van der Waals surface area contributed by atoms with E-state index in [4.69, 9.17) is 13.9 Å². The molecule has 32 heavy (non-hydrogen) atoms. The zero-order chi connectivity index (χ0) is 22.7. The number of ketones is 1. The Labute approximate surface area is 184 Å². The number of pyridine rings is 1. The summed E-state index contributed by atoms with van der Waals surface area (Å²) in [5.74, 6) is 0.249. The number of furan rings is 1. The number of esters is 1. The molecule has 0 unspecified atom stereocenters. The SMILES string of the molecule is CCOc1ccc(C(=O)COC(=O)c2cc(-c3ccco3)nc3c2cnn3C(C)C)cc1. The number of aromatic nitrogens is 3. The third-order valence-corrected chi connectivity index (χ3v) is 4.87. The van der Waals surface area contributed by atoms with E-state index in [-0.39, 0.29) is 24.0 Å². The van der Waals surface area contributed by atoms with E-state index in [9.17, 15) is 9.59 Å². The number of ether oxygens (including phenoxy) is 2. The molecule has 0 aliphatic rings. The largest absolute Gasteiger partial charge is 0.494 e. The molecule has 0 saturated carbocycles. The Hall–Kier alpha value is -3.94. The average molecular weight is 433 g/mol. The second-order valence-corrected chi connectivity index (χ2v) is 7.41. The van der Waals surface area contributed by atoms with Gasteiger partial charge in [0.25, 0.3) is 0 Å². The van der Waals surface area contributed by atoms with Crippen LogP contribution in [0, 0.1) is 0 Å². The molecule has 0 amide bonds. The van der Waals surface area contributed by atoms with E-state index < -0.39 is 5.97 Å². The fourth-order valence-corrected chi connectivity index (χ4v) is 3.31. The molecule has 0 N–H and O–H groups in total. The number of carbonyl (C=O) groups excluding carboxylic acids is 2. The molecule has 8 nitrogen and oxygen atoms in total. The molecule has 1 aromatic carbocycles. The van der Waals surface area contributed by atoms with Gasteiger partial charge in [0, 0.05) is 11.6 Å². The first-order chi connectivity index (χ1) is 15.5. The van der Waals surface area contributed by atoms with Crippen molar-refractivity contribution in [3.8, 4) is 17.2 Å². The van der Waals surface area contributed by atoms with E-state index in [0.717, 1.165) is 0 Å². The molecule has 0 bridgehead atoms. The number of rotatable bonds is 8. The molecule has 0 radical (unpaired) electrons. The number of carbonyl (C=O) groups is 2. The predicted molar refractivity (Wildman–Crippen MR) is 118 cm³/mol. The first-order valence-corrected chi connectivity index (χ1v) is 10.3. The fraction of sp³-hybridized carbons (Fsp3) is 0.250. The molecule has 0 fully saturated rings. The van der Waals surface area contributed by atoms with Gasteiger partial charge in [0.15, 0.2) is 23.8 Å². The maximum atomic E-state index is 12.9. The van der Waals surface area contributed by atoms with Gasteiger partial charge in [-0.2, -0.15) is 5.10 Å². The van der Waals surface area contributed by atoms with Crippen LogP contribution >= 0.6 is 0 Å². The van der Waals surface area contributed by atoms with E-state index in [2.05, 4.69) is 10.1 Å². The highest BCUT2D eigenvalue weighted by Gasteiger charge is 2.21. The molecule has 3 heterocycles. The van der Waals surface area contributed by atoms with E-state index in [1.54, 1.807) is 53.3 Å². The number of hydrogen-bond donors (Lipinski definition) is 0. The summed E-state index contributed by atoms with van der Waals surface area (Å²) in [6, 6.07) is 11.8. The minimum atomic E-state index is -0.632. The molecule has 164 valence electrons. The highest BCUT2D eigenvalue weighted by atomic mass is 16.5. The monoisotopic (exact) mass is 433 g/mol. The van der Waals surface area contributed by atoms with Gasteiger partial charge in [0.05, 0.1) is 30.0 Å². The van der Waals surface area contributed by atoms with Crippen LogP contribution in [0.2, 0.25) is 0 Å². The van der Waals surface area contributed by atoms with E-state index in [0.29, 0.717) is 40.4 Å². The standard InChI is InChI=1S/C24H23N3O5/c1-4-30-17-9-7-16(8-10-17)21(28)14-32-24(29)18-12-20(22-6-5-11-31-22)26-23-19(18)13-25-27(23)15(2)3/h5-13,15H,4,14H2,1-3H3. The van der Waals surface area contributed by atoms with Crippen LogP contribution in [-0.2, 0) is 4.74 Å². The van der Waals surface area contributed by atoms with Crippen molar-refractivity contribution in [1.82, 2.24) is 14.8 Å². The number of benzene rings is 1. The van der Waals surface area contributed by atoms with Crippen molar-refractivity contribution in [2.75, 3.05) is 13.2 Å². The maximum Gasteiger partial charge on any atom is 0.339 e. The Morgan fingerprint density at radius 2 is 1.94 bits per heavy atom. The minimum absolute atomic E-state index is 0.0389. The first kappa shape index (κ1) is 21.3. The second kappa shape index (κ2) is 9.05. The van der Waals surface area contributed by atoms with Crippen LogP contribution < -0.4 is 4.74 Å². The minimum Gasteiger partial charge on any atom is -0.494 e. The first-order valence-electron chi connectivity index (χ1n) is 10.3. The molecule has 0 saturated heterocycles. The van der Waals surface area contributed by atoms with Crippen LogP contribution in [0.1, 0.15) is 47.5 Å². The zero-order valence-electron chi connectivity index (χ0n) is 18.1. The number of hydrogen-bond acceptors (Lipinski definition) is 7. The lowest BCUT2D eigenvalue weighted by Crippen LogP contribution is -2.15. The molecule has 4 rings (SSSR count). The summed E-state index contributed by atoms with van der Waals surface area (Å²) in [6.07, 6.45) is 3.12. The Morgan fingerprint density at radius 3 is 2.59 bits per heavy atom. The van der Waals surface area contributed by atoms with Gasteiger partial charge in [0.1, 0.15) is 11.4 Å². The second-order valence-electron chi connectivity index (χ2n) is 7.41. The molecular formula is C24H23N3O5. The van der Waals surface area contributed by atoms with Crippen molar-refractivity contribution >= 4 is 22.8 Å².